The molecule has 0 spiro atoms. The zero-order valence-electron chi connectivity index (χ0n) is 17.0. The van der Waals surface area contributed by atoms with Gasteiger partial charge in [0, 0.05) is 33.7 Å². The Morgan fingerprint density at radius 3 is 2.72 bits per heavy atom. The van der Waals surface area contributed by atoms with Crippen LogP contribution in [-0.2, 0) is 16.6 Å². The lowest BCUT2D eigenvalue weighted by atomic mass is 10.1. The van der Waals surface area contributed by atoms with E-state index in [0.29, 0.717) is 26.2 Å². The zero-order valence-corrected chi connectivity index (χ0v) is 20.1. The normalized spacial score (nSPS) is 17.8. The van der Waals surface area contributed by atoms with Crippen LogP contribution in [0.15, 0.2) is 41.5 Å². The van der Waals surface area contributed by atoms with Gasteiger partial charge in [-0.3, -0.25) is 4.99 Å². The third-order valence-corrected chi connectivity index (χ3v) is 6.21. The largest absolute Gasteiger partial charge is 0.356 e. The molecule has 0 radical (unpaired) electrons. The smallest absolute Gasteiger partial charge is 0.211 e. The molecule has 0 aliphatic carbocycles. The molecule has 0 saturated carbocycles. The second kappa shape index (κ2) is 10.4. The molecular formula is C19H29IN6O2S. The molecule has 1 aliphatic heterocycles. The van der Waals surface area contributed by atoms with Gasteiger partial charge in [-0.15, -0.1) is 24.0 Å². The third kappa shape index (κ3) is 6.41. The van der Waals surface area contributed by atoms with Crippen molar-refractivity contribution in [2.45, 2.75) is 13.0 Å². The van der Waals surface area contributed by atoms with E-state index in [1.54, 1.807) is 11.4 Å². The molecule has 2 aromatic rings. The van der Waals surface area contributed by atoms with Gasteiger partial charge < -0.3 is 15.2 Å². The molecule has 3 rings (SSSR count). The predicted molar refractivity (Wildman–Crippen MR) is 127 cm³/mol. The van der Waals surface area contributed by atoms with Crippen LogP contribution >= 0.6 is 24.0 Å². The van der Waals surface area contributed by atoms with Crippen LogP contribution in [0.25, 0.3) is 11.3 Å². The van der Waals surface area contributed by atoms with Crippen LogP contribution < -0.4 is 5.32 Å². The van der Waals surface area contributed by atoms with Gasteiger partial charge >= 0.3 is 0 Å². The second-order valence-electron chi connectivity index (χ2n) is 7.17. The van der Waals surface area contributed by atoms with Gasteiger partial charge in [-0.25, -0.2) is 17.7 Å². The third-order valence-electron chi connectivity index (χ3n) is 4.94. The van der Waals surface area contributed by atoms with Crippen molar-refractivity contribution >= 4 is 40.0 Å². The van der Waals surface area contributed by atoms with Crippen molar-refractivity contribution in [3.8, 4) is 11.3 Å². The highest BCUT2D eigenvalue weighted by molar-refractivity contribution is 14.0. The Balaban J connectivity index is 0.00000300. The SMILES string of the molecule is CN=C(NCC1CCN(S(C)(=O)=O)C1)N(C)Cc1ncc(-c2ccccc2)[nH]1.I. The molecule has 1 unspecified atom stereocenters. The monoisotopic (exact) mass is 532 g/mol. The molecule has 2 heterocycles. The number of sulfonamides is 1. The lowest BCUT2D eigenvalue weighted by Gasteiger charge is -2.22. The van der Waals surface area contributed by atoms with Gasteiger partial charge in [0.1, 0.15) is 5.82 Å². The number of nitrogens with one attached hydrogen (secondary N) is 2. The summed E-state index contributed by atoms with van der Waals surface area (Å²) in [5, 5.41) is 3.35. The molecule has 1 fully saturated rings. The van der Waals surface area contributed by atoms with Crippen LogP contribution in [0.4, 0.5) is 0 Å². The van der Waals surface area contributed by atoms with E-state index in [9.17, 15) is 8.42 Å². The Kier molecular flexibility index (Phi) is 8.46. The van der Waals surface area contributed by atoms with E-state index in [4.69, 9.17) is 0 Å². The number of hydrogen-bond acceptors (Lipinski definition) is 4. The average Bonchev–Trinajstić information content (AvgIpc) is 3.32. The highest BCUT2D eigenvalue weighted by Crippen LogP contribution is 2.18. The van der Waals surface area contributed by atoms with Gasteiger partial charge in [0.25, 0.3) is 0 Å². The van der Waals surface area contributed by atoms with Crippen molar-refractivity contribution in [2.24, 2.45) is 10.9 Å². The van der Waals surface area contributed by atoms with Crippen molar-refractivity contribution in [1.29, 1.82) is 0 Å². The molecular weight excluding hydrogens is 503 g/mol. The summed E-state index contributed by atoms with van der Waals surface area (Å²) in [5.74, 6) is 1.90. The van der Waals surface area contributed by atoms with Gasteiger partial charge in [-0.1, -0.05) is 30.3 Å². The lowest BCUT2D eigenvalue weighted by molar-refractivity contribution is 0.438. The summed E-state index contributed by atoms with van der Waals surface area (Å²) < 4.78 is 24.8. The number of benzene rings is 1. The number of hydrogen-bond donors (Lipinski definition) is 2. The Morgan fingerprint density at radius 2 is 2.10 bits per heavy atom. The lowest BCUT2D eigenvalue weighted by Crippen LogP contribution is -2.41. The number of H-pyrrole nitrogens is 1. The molecule has 0 bridgehead atoms. The first kappa shape index (κ1) is 23.6. The van der Waals surface area contributed by atoms with Crippen LogP contribution in [0.2, 0.25) is 0 Å². The second-order valence-corrected chi connectivity index (χ2v) is 9.15. The maximum atomic E-state index is 11.7. The van der Waals surface area contributed by atoms with Gasteiger partial charge in [0.15, 0.2) is 5.96 Å². The molecule has 29 heavy (non-hydrogen) atoms. The van der Waals surface area contributed by atoms with Crippen LogP contribution in [0.3, 0.4) is 0 Å². The van der Waals surface area contributed by atoms with Crippen LogP contribution in [0, 0.1) is 5.92 Å². The highest BCUT2D eigenvalue weighted by atomic mass is 127. The molecule has 1 atom stereocenters. The molecule has 2 N–H and O–H groups in total. The minimum atomic E-state index is -3.10. The van der Waals surface area contributed by atoms with E-state index < -0.39 is 10.0 Å². The van der Waals surface area contributed by atoms with Gasteiger partial charge in [-0.2, -0.15) is 0 Å². The summed E-state index contributed by atoms with van der Waals surface area (Å²) in [6.07, 6.45) is 3.97. The fraction of sp³-hybridized carbons (Fsp3) is 0.474. The number of imidazole rings is 1. The molecule has 0 amide bonds. The standard InChI is InChI=1S/C19H28N6O2S.HI/c1-20-19(22-11-15-9-10-25(13-15)28(3,26)27)24(2)14-18-21-12-17(23-18)16-7-5-4-6-8-16;/h4-8,12,15H,9-11,13-14H2,1-3H3,(H,20,22)(H,21,23);1H. The maximum absolute atomic E-state index is 11.7. The van der Waals surface area contributed by atoms with E-state index >= 15 is 0 Å². The number of aromatic nitrogens is 2. The number of rotatable bonds is 6. The molecule has 1 aromatic carbocycles. The predicted octanol–water partition coefficient (Wildman–Crippen LogP) is 1.98. The molecule has 8 nitrogen and oxygen atoms in total. The molecule has 160 valence electrons. The zero-order chi connectivity index (χ0) is 20.1. The van der Waals surface area contributed by atoms with Crippen LogP contribution in [0.5, 0.6) is 0 Å². The number of guanidine groups is 1. The summed E-state index contributed by atoms with van der Waals surface area (Å²) >= 11 is 0. The van der Waals surface area contributed by atoms with E-state index in [1.807, 2.05) is 48.5 Å². The fourth-order valence-electron chi connectivity index (χ4n) is 3.39. The van der Waals surface area contributed by atoms with Gasteiger partial charge in [0.05, 0.1) is 24.7 Å². The van der Waals surface area contributed by atoms with Crippen molar-refractivity contribution in [1.82, 2.24) is 24.5 Å². The first-order chi connectivity index (χ1) is 13.4. The summed E-state index contributed by atoms with van der Waals surface area (Å²) in [5.41, 5.74) is 2.09. The summed E-state index contributed by atoms with van der Waals surface area (Å²) in [6.45, 7) is 2.43. The molecule has 1 saturated heterocycles. The fourth-order valence-corrected chi connectivity index (χ4v) is 4.31. The van der Waals surface area contributed by atoms with Crippen LogP contribution in [0.1, 0.15) is 12.2 Å². The molecule has 1 aliphatic rings. The van der Waals surface area contributed by atoms with Gasteiger partial charge in [-0.05, 0) is 17.9 Å². The number of aliphatic imine (C=N–C) groups is 1. The topological polar surface area (TPSA) is 93.7 Å². The number of halogens is 1. The maximum Gasteiger partial charge on any atom is 0.211 e. The molecule has 10 heteroatoms. The van der Waals surface area contributed by atoms with E-state index in [-0.39, 0.29) is 29.9 Å². The quantitative estimate of drug-likeness (QED) is 0.337. The Labute approximate surface area is 189 Å². The van der Waals surface area contributed by atoms with Crippen LogP contribution in [-0.4, -0.2) is 73.5 Å². The Bertz CT molecular complexity index is 916. The number of aromatic amines is 1. The Morgan fingerprint density at radius 1 is 1.38 bits per heavy atom. The van der Waals surface area contributed by atoms with Crippen molar-refractivity contribution in [2.75, 3.05) is 40.0 Å². The summed E-state index contributed by atoms with van der Waals surface area (Å²) in [7, 11) is 0.595. The molecule has 1 aromatic heterocycles. The van der Waals surface area contributed by atoms with E-state index in [0.717, 1.165) is 29.5 Å². The Hall–Kier alpha value is -1.66. The summed E-state index contributed by atoms with van der Waals surface area (Å²) in [6, 6.07) is 10.1. The average molecular weight is 532 g/mol. The number of nitrogens with zero attached hydrogens (tertiary/aromatic N) is 4. The van der Waals surface area contributed by atoms with Crippen molar-refractivity contribution in [3.63, 3.8) is 0 Å². The van der Waals surface area contributed by atoms with E-state index in [2.05, 4.69) is 20.3 Å². The first-order valence-electron chi connectivity index (χ1n) is 9.33. The van der Waals surface area contributed by atoms with Gasteiger partial charge in [0.2, 0.25) is 10.0 Å². The highest BCUT2D eigenvalue weighted by Gasteiger charge is 2.28. The first-order valence-corrected chi connectivity index (χ1v) is 11.2. The minimum Gasteiger partial charge on any atom is -0.356 e. The van der Waals surface area contributed by atoms with Crippen molar-refractivity contribution < 1.29 is 8.42 Å². The summed E-state index contributed by atoms with van der Waals surface area (Å²) in [4.78, 5) is 14.2. The minimum absolute atomic E-state index is 0. The van der Waals surface area contributed by atoms with E-state index in [1.165, 1.54) is 6.26 Å². The van der Waals surface area contributed by atoms with Crippen molar-refractivity contribution in [3.05, 3.63) is 42.4 Å².